The minimum Gasteiger partial charge on any atom is -0.389 e. The summed E-state index contributed by atoms with van der Waals surface area (Å²) in [7, 11) is 0. The first-order valence-corrected chi connectivity index (χ1v) is 8.55. The van der Waals surface area contributed by atoms with Crippen LogP contribution in [0, 0.1) is 6.92 Å². The average Bonchev–Trinajstić information content (AvgIpc) is 2.56. The van der Waals surface area contributed by atoms with Gasteiger partial charge in [-0.2, -0.15) is 0 Å². The smallest absolute Gasteiger partial charge is 0.252 e. The van der Waals surface area contributed by atoms with E-state index < -0.39 is 12.1 Å². The van der Waals surface area contributed by atoms with Gasteiger partial charge < -0.3 is 15.3 Å². The molecule has 2 aromatic rings. The highest BCUT2D eigenvalue weighted by Crippen LogP contribution is 2.25. The fourth-order valence-corrected chi connectivity index (χ4v) is 3.38. The molecule has 0 radical (unpaired) electrons. The van der Waals surface area contributed by atoms with Crippen molar-refractivity contribution in [3.63, 3.8) is 0 Å². The largest absolute Gasteiger partial charge is 0.389 e. The Balaban J connectivity index is 1.84. The molecule has 0 unspecified atom stereocenters. The number of hydrogen-bond donors (Lipinski definition) is 2. The van der Waals surface area contributed by atoms with Crippen molar-refractivity contribution in [2.45, 2.75) is 32.4 Å². The summed E-state index contributed by atoms with van der Waals surface area (Å²) in [5, 5.41) is 14.3. The number of piperidine rings is 1. The molecule has 0 aliphatic carbocycles. The van der Waals surface area contributed by atoms with E-state index in [9.17, 15) is 14.7 Å². The van der Waals surface area contributed by atoms with Gasteiger partial charge in [0.25, 0.3) is 5.91 Å². The first-order valence-electron chi connectivity index (χ1n) is 8.17. The van der Waals surface area contributed by atoms with Gasteiger partial charge in [-0.05, 0) is 25.5 Å². The number of rotatable bonds is 2. The lowest BCUT2D eigenvalue weighted by Crippen LogP contribution is -2.55. The Hall–Kier alpha value is -2.18. The van der Waals surface area contributed by atoms with Gasteiger partial charge in [-0.25, -0.2) is 0 Å². The van der Waals surface area contributed by atoms with Crippen LogP contribution in [0.3, 0.4) is 0 Å². The van der Waals surface area contributed by atoms with Crippen LogP contribution in [0.25, 0.3) is 10.9 Å². The molecule has 2 N–H and O–H groups in total. The minimum atomic E-state index is -0.792. The van der Waals surface area contributed by atoms with Crippen LogP contribution in [0.5, 0.6) is 0 Å². The standard InChI is InChI=1S/C18H20ClN3O3/c1-10-8-13(12-4-3-5-14(19)17(12)20-10)18(25)21-15-6-7-22(11(2)23)9-16(15)24/h3-5,8,15-16,24H,6-7,9H2,1-2H3,(H,21,25)/t15-,16-/m1/s1. The van der Waals surface area contributed by atoms with Gasteiger partial charge >= 0.3 is 0 Å². The highest BCUT2D eigenvalue weighted by Gasteiger charge is 2.30. The third kappa shape index (κ3) is 3.60. The van der Waals surface area contributed by atoms with Crippen LogP contribution in [0.15, 0.2) is 24.3 Å². The molecule has 6 nitrogen and oxygen atoms in total. The molecule has 1 aromatic carbocycles. The number of hydrogen-bond acceptors (Lipinski definition) is 4. The van der Waals surface area contributed by atoms with E-state index in [0.717, 1.165) is 0 Å². The molecule has 1 aromatic heterocycles. The number of para-hydroxylation sites is 1. The Morgan fingerprint density at radius 2 is 2.16 bits per heavy atom. The zero-order chi connectivity index (χ0) is 18.1. The molecule has 0 bridgehead atoms. The number of pyridine rings is 1. The molecule has 2 heterocycles. The second-order valence-corrected chi connectivity index (χ2v) is 6.76. The number of nitrogens with zero attached hydrogens (tertiary/aromatic N) is 2. The number of fused-ring (bicyclic) bond motifs is 1. The number of aliphatic hydroxyl groups excluding tert-OH is 1. The van der Waals surface area contributed by atoms with E-state index in [2.05, 4.69) is 10.3 Å². The summed E-state index contributed by atoms with van der Waals surface area (Å²) in [6.07, 6.45) is -0.283. The van der Waals surface area contributed by atoms with Crippen LogP contribution in [0.2, 0.25) is 5.02 Å². The van der Waals surface area contributed by atoms with Crippen molar-refractivity contribution >= 4 is 34.3 Å². The predicted molar refractivity (Wildman–Crippen MR) is 95.6 cm³/mol. The van der Waals surface area contributed by atoms with Gasteiger partial charge in [-0.1, -0.05) is 23.7 Å². The number of likely N-dealkylation sites (tertiary alicyclic amines) is 1. The summed E-state index contributed by atoms with van der Waals surface area (Å²) in [6.45, 7) is 4.02. The van der Waals surface area contributed by atoms with Gasteiger partial charge in [0.15, 0.2) is 0 Å². The van der Waals surface area contributed by atoms with E-state index in [1.807, 2.05) is 0 Å². The van der Waals surface area contributed by atoms with Crippen LogP contribution in [0.4, 0.5) is 0 Å². The fourth-order valence-electron chi connectivity index (χ4n) is 3.16. The lowest BCUT2D eigenvalue weighted by molar-refractivity contribution is -0.132. The van der Waals surface area contributed by atoms with E-state index in [1.165, 1.54) is 6.92 Å². The molecular weight excluding hydrogens is 342 g/mol. The van der Waals surface area contributed by atoms with Crippen LogP contribution >= 0.6 is 11.6 Å². The predicted octanol–water partition coefficient (Wildman–Crippen LogP) is 1.91. The Morgan fingerprint density at radius 3 is 2.84 bits per heavy atom. The van der Waals surface area contributed by atoms with Crippen molar-refractivity contribution in [1.29, 1.82) is 0 Å². The van der Waals surface area contributed by atoms with Gasteiger partial charge in [0.2, 0.25) is 5.91 Å². The van der Waals surface area contributed by atoms with Gasteiger partial charge in [0, 0.05) is 31.1 Å². The number of amides is 2. The first-order chi connectivity index (χ1) is 11.9. The van der Waals surface area contributed by atoms with Crippen molar-refractivity contribution in [3.8, 4) is 0 Å². The molecule has 3 rings (SSSR count). The topological polar surface area (TPSA) is 82.5 Å². The van der Waals surface area contributed by atoms with Gasteiger partial charge in [-0.3, -0.25) is 14.6 Å². The summed E-state index contributed by atoms with van der Waals surface area (Å²) < 4.78 is 0. The number of aliphatic hydroxyl groups is 1. The number of benzene rings is 1. The van der Waals surface area contributed by atoms with E-state index >= 15 is 0 Å². The van der Waals surface area contributed by atoms with Crippen molar-refractivity contribution in [1.82, 2.24) is 15.2 Å². The highest BCUT2D eigenvalue weighted by molar-refractivity contribution is 6.35. The molecule has 2 atom stereocenters. The third-order valence-corrected chi connectivity index (χ3v) is 4.81. The maximum Gasteiger partial charge on any atom is 0.252 e. The summed E-state index contributed by atoms with van der Waals surface area (Å²) >= 11 is 6.19. The molecule has 0 spiro atoms. The van der Waals surface area contributed by atoms with E-state index in [1.54, 1.807) is 36.1 Å². The maximum absolute atomic E-state index is 12.8. The molecule has 7 heteroatoms. The van der Waals surface area contributed by atoms with Crippen LogP contribution in [-0.4, -0.2) is 52.0 Å². The fraction of sp³-hybridized carbons (Fsp3) is 0.389. The molecule has 1 aliphatic rings. The third-order valence-electron chi connectivity index (χ3n) is 4.51. The Morgan fingerprint density at radius 1 is 1.40 bits per heavy atom. The van der Waals surface area contributed by atoms with Gasteiger partial charge in [0.05, 0.1) is 28.2 Å². The maximum atomic E-state index is 12.8. The summed E-state index contributed by atoms with van der Waals surface area (Å²) in [5.41, 5.74) is 1.75. The summed E-state index contributed by atoms with van der Waals surface area (Å²) in [4.78, 5) is 30.2. The highest BCUT2D eigenvalue weighted by atomic mass is 35.5. The second-order valence-electron chi connectivity index (χ2n) is 6.35. The number of nitrogens with one attached hydrogen (secondary N) is 1. The zero-order valence-electron chi connectivity index (χ0n) is 14.1. The Kier molecular flexibility index (Phi) is 4.92. The number of halogens is 1. The molecule has 1 fully saturated rings. The van der Waals surface area contributed by atoms with E-state index in [4.69, 9.17) is 11.6 Å². The number of aromatic nitrogens is 1. The van der Waals surface area contributed by atoms with Crippen molar-refractivity contribution in [2.75, 3.05) is 13.1 Å². The molecule has 1 saturated heterocycles. The normalized spacial score (nSPS) is 20.6. The molecule has 2 amide bonds. The summed E-state index contributed by atoms with van der Waals surface area (Å²) in [5.74, 6) is -0.354. The van der Waals surface area contributed by atoms with Crippen molar-refractivity contribution < 1.29 is 14.7 Å². The zero-order valence-corrected chi connectivity index (χ0v) is 14.9. The quantitative estimate of drug-likeness (QED) is 0.856. The monoisotopic (exact) mass is 361 g/mol. The van der Waals surface area contributed by atoms with Crippen molar-refractivity contribution in [3.05, 3.63) is 40.5 Å². The SMILES string of the molecule is CC(=O)N1CC[C@@H](NC(=O)c2cc(C)nc3c(Cl)cccc23)[C@H](O)C1. The van der Waals surface area contributed by atoms with Gasteiger partial charge in [-0.15, -0.1) is 0 Å². The number of carbonyl (C=O) groups is 2. The van der Waals surface area contributed by atoms with E-state index in [-0.39, 0.29) is 18.4 Å². The minimum absolute atomic E-state index is 0.0748. The molecule has 25 heavy (non-hydrogen) atoms. The molecule has 132 valence electrons. The Labute approximate surface area is 150 Å². The van der Waals surface area contributed by atoms with Crippen molar-refractivity contribution in [2.24, 2.45) is 0 Å². The molecule has 0 saturated carbocycles. The van der Waals surface area contributed by atoms with Crippen LogP contribution < -0.4 is 5.32 Å². The molecular formula is C18H20ClN3O3. The van der Waals surface area contributed by atoms with Gasteiger partial charge in [0.1, 0.15) is 0 Å². The number of aryl methyl sites for hydroxylation is 1. The van der Waals surface area contributed by atoms with Crippen LogP contribution in [-0.2, 0) is 4.79 Å². The summed E-state index contributed by atoms with van der Waals surface area (Å²) in [6, 6.07) is 6.63. The molecule has 1 aliphatic heterocycles. The lowest BCUT2D eigenvalue weighted by Gasteiger charge is -2.35. The number of carbonyl (C=O) groups excluding carboxylic acids is 2. The number of β-amino-alcohol motifs (C(OH)–C–C–N with tert-alkyl or cyclic N) is 1. The first kappa shape index (κ1) is 17.6. The Bertz CT molecular complexity index is 840. The second kappa shape index (κ2) is 6.98. The van der Waals surface area contributed by atoms with Crippen LogP contribution in [0.1, 0.15) is 29.4 Å². The lowest BCUT2D eigenvalue weighted by atomic mass is 10.0. The average molecular weight is 362 g/mol. The van der Waals surface area contributed by atoms with E-state index in [0.29, 0.717) is 40.1 Å².